The second kappa shape index (κ2) is 7.28. The third-order valence-corrected chi connectivity index (χ3v) is 2.59. The molecule has 0 spiro atoms. The van der Waals surface area contributed by atoms with Gasteiger partial charge in [-0.05, 0) is 12.5 Å². The molecule has 6 heteroatoms. The molecule has 6 nitrogen and oxygen atoms in total. The highest BCUT2D eigenvalue weighted by molar-refractivity contribution is 5.79. The van der Waals surface area contributed by atoms with Gasteiger partial charge in [-0.3, -0.25) is 0 Å². The first-order valence-electron chi connectivity index (χ1n) is 6.63. The van der Waals surface area contributed by atoms with E-state index in [0.717, 1.165) is 12.5 Å². The van der Waals surface area contributed by atoms with Crippen LogP contribution in [0.5, 0.6) is 0 Å². The van der Waals surface area contributed by atoms with Crippen LogP contribution in [-0.4, -0.2) is 22.6 Å². The number of rotatable bonds is 5. The van der Waals surface area contributed by atoms with Gasteiger partial charge in [0, 0.05) is 13.5 Å². The maximum absolute atomic E-state index is 4.92. The zero-order valence-corrected chi connectivity index (χ0v) is 11.8. The van der Waals surface area contributed by atoms with Gasteiger partial charge in [0.25, 0.3) is 0 Å². The van der Waals surface area contributed by atoms with Crippen molar-refractivity contribution in [1.82, 2.24) is 20.8 Å². The second-order valence-electron chi connectivity index (χ2n) is 4.26. The fraction of sp³-hybridized carbons (Fsp3) is 0.357. The molecule has 2 N–H and O–H groups in total. The molecule has 1 aromatic heterocycles. The van der Waals surface area contributed by atoms with E-state index in [1.807, 2.05) is 25.1 Å². The lowest BCUT2D eigenvalue weighted by molar-refractivity contribution is 0.387. The monoisotopic (exact) mass is 273 g/mol. The van der Waals surface area contributed by atoms with Gasteiger partial charge in [0.2, 0.25) is 5.89 Å². The smallest absolute Gasteiger partial charge is 0.223 e. The highest BCUT2D eigenvalue weighted by atomic mass is 16.5. The molecular weight excluding hydrogens is 254 g/mol. The number of aromatic nitrogens is 2. The van der Waals surface area contributed by atoms with Crippen molar-refractivity contribution in [2.45, 2.75) is 26.9 Å². The lowest BCUT2D eigenvalue weighted by Gasteiger charge is -2.09. The largest absolute Gasteiger partial charge is 0.357 e. The zero-order valence-electron chi connectivity index (χ0n) is 11.8. The molecule has 0 saturated carbocycles. The second-order valence-corrected chi connectivity index (χ2v) is 4.26. The van der Waals surface area contributed by atoms with Gasteiger partial charge in [-0.2, -0.15) is 4.98 Å². The maximum Gasteiger partial charge on any atom is 0.223 e. The van der Waals surface area contributed by atoms with Crippen LogP contribution in [0.2, 0.25) is 0 Å². The van der Waals surface area contributed by atoms with Crippen LogP contribution >= 0.6 is 0 Å². The molecule has 0 atom stereocenters. The van der Waals surface area contributed by atoms with E-state index >= 15 is 0 Å². The van der Waals surface area contributed by atoms with Crippen LogP contribution in [0, 0.1) is 6.92 Å². The Labute approximate surface area is 118 Å². The minimum Gasteiger partial charge on any atom is -0.357 e. The lowest BCUT2D eigenvalue weighted by atomic mass is 10.2. The molecule has 2 rings (SSSR count). The molecule has 0 aliphatic rings. The Bertz CT molecular complexity index is 550. The van der Waals surface area contributed by atoms with E-state index in [9.17, 15) is 0 Å². The number of aliphatic imine (C=N–C) groups is 1. The predicted octanol–water partition coefficient (Wildman–Crippen LogP) is 1.63. The summed E-state index contributed by atoms with van der Waals surface area (Å²) in [6.45, 7) is 5.70. The summed E-state index contributed by atoms with van der Waals surface area (Å²) in [7, 11) is 0. The van der Waals surface area contributed by atoms with E-state index in [1.165, 1.54) is 5.56 Å². The van der Waals surface area contributed by atoms with E-state index in [-0.39, 0.29) is 0 Å². The van der Waals surface area contributed by atoms with Gasteiger partial charge < -0.3 is 15.2 Å². The average molecular weight is 273 g/mol. The van der Waals surface area contributed by atoms with Crippen LogP contribution in [0.3, 0.4) is 0 Å². The molecule has 0 unspecified atom stereocenters. The van der Waals surface area contributed by atoms with Crippen molar-refractivity contribution in [1.29, 1.82) is 0 Å². The summed E-state index contributed by atoms with van der Waals surface area (Å²) in [6.07, 6.45) is 0. The zero-order chi connectivity index (χ0) is 14.2. The number of nitrogens with zero attached hydrogens (tertiary/aromatic N) is 3. The van der Waals surface area contributed by atoms with Crippen LogP contribution in [-0.2, 0) is 13.1 Å². The summed E-state index contributed by atoms with van der Waals surface area (Å²) < 4.78 is 4.92. The Kier molecular flexibility index (Phi) is 5.11. The Morgan fingerprint density at radius 2 is 2.05 bits per heavy atom. The molecule has 0 amide bonds. The van der Waals surface area contributed by atoms with Crippen molar-refractivity contribution in [2.75, 3.05) is 6.54 Å². The van der Waals surface area contributed by atoms with Gasteiger partial charge in [0.05, 0.1) is 13.1 Å². The molecule has 0 aliphatic carbocycles. The molecule has 0 saturated heterocycles. The van der Waals surface area contributed by atoms with Gasteiger partial charge in [0.15, 0.2) is 11.8 Å². The van der Waals surface area contributed by atoms with Crippen LogP contribution in [0.15, 0.2) is 39.8 Å². The molecule has 106 valence electrons. The van der Waals surface area contributed by atoms with Crippen molar-refractivity contribution in [2.24, 2.45) is 4.99 Å². The van der Waals surface area contributed by atoms with Gasteiger partial charge in [-0.15, -0.1) is 0 Å². The molecular formula is C14H19N5O. The maximum atomic E-state index is 4.92. The van der Waals surface area contributed by atoms with Gasteiger partial charge in [-0.25, -0.2) is 4.99 Å². The minimum atomic E-state index is 0.484. The molecule has 0 fully saturated rings. The number of aryl methyl sites for hydroxylation is 1. The van der Waals surface area contributed by atoms with Crippen LogP contribution < -0.4 is 10.6 Å². The van der Waals surface area contributed by atoms with E-state index < -0.39 is 0 Å². The number of nitrogens with one attached hydrogen (secondary N) is 2. The van der Waals surface area contributed by atoms with E-state index in [4.69, 9.17) is 4.52 Å². The van der Waals surface area contributed by atoms with Crippen LogP contribution in [0.1, 0.15) is 24.2 Å². The molecule has 1 aromatic carbocycles. The van der Waals surface area contributed by atoms with Crippen LogP contribution in [0.25, 0.3) is 0 Å². The molecule has 1 heterocycles. The van der Waals surface area contributed by atoms with Crippen molar-refractivity contribution >= 4 is 5.96 Å². The van der Waals surface area contributed by atoms with Crippen molar-refractivity contribution in [3.8, 4) is 0 Å². The first kappa shape index (κ1) is 14.0. The molecule has 20 heavy (non-hydrogen) atoms. The number of guanidine groups is 1. The Morgan fingerprint density at radius 1 is 1.25 bits per heavy atom. The highest BCUT2D eigenvalue weighted by Crippen LogP contribution is 2.00. The van der Waals surface area contributed by atoms with E-state index in [2.05, 4.69) is 37.9 Å². The fourth-order valence-corrected chi connectivity index (χ4v) is 1.67. The normalized spacial score (nSPS) is 11.4. The lowest BCUT2D eigenvalue weighted by Crippen LogP contribution is -2.37. The molecule has 2 aromatic rings. The fourth-order valence-electron chi connectivity index (χ4n) is 1.67. The quantitative estimate of drug-likeness (QED) is 0.640. The summed E-state index contributed by atoms with van der Waals surface area (Å²) >= 11 is 0. The van der Waals surface area contributed by atoms with Gasteiger partial charge >= 0.3 is 0 Å². The predicted molar refractivity (Wildman–Crippen MR) is 77.1 cm³/mol. The van der Waals surface area contributed by atoms with E-state index in [0.29, 0.717) is 24.8 Å². The number of hydrogen-bond donors (Lipinski definition) is 2. The van der Waals surface area contributed by atoms with E-state index in [1.54, 1.807) is 6.92 Å². The molecule has 0 bridgehead atoms. The Hall–Kier alpha value is -2.37. The van der Waals surface area contributed by atoms with Crippen molar-refractivity contribution in [3.05, 3.63) is 47.6 Å². The third kappa shape index (κ3) is 4.38. The number of hydrogen-bond acceptors (Lipinski definition) is 4. The average Bonchev–Trinajstić information content (AvgIpc) is 2.89. The first-order chi connectivity index (χ1) is 9.78. The Balaban J connectivity index is 1.92. The summed E-state index contributed by atoms with van der Waals surface area (Å²) in [5, 5.41) is 10.2. The van der Waals surface area contributed by atoms with Crippen molar-refractivity contribution in [3.63, 3.8) is 0 Å². The van der Waals surface area contributed by atoms with Crippen LogP contribution in [0.4, 0.5) is 0 Å². The van der Waals surface area contributed by atoms with Gasteiger partial charge in [-0.1, -0.05) is 35.5 Å². The van der Waals surface area contributed by atoms with Gasteiger partial charge in [0.1, 0.15) is 0 Å². The summed E-state index contributed by atoms with van der Waals surface area (Å²) in [4.78, 5) is 8.65. The standard InChI is InChI=1S/C14H19N5O/c1-3-15-14(16-9-12-7-5-4-6-8-12)17-10-13-18-11(2)20-19-13/h4-8H,3,9-10H2,1-2H3,(H2,15,16,17). The SMILES string of the molecule is CCNC(=NCc1ccccc1)NCc1noc(C)n1. The number of benzene rings is 1. The molecule has 0 aliphatic heterocycles. The summed E-state index contributed by atoms with van der Waals surface area (Å²) in [5.74, 6) is 1.92. The Morgan fingerprint density at radius 3 is 2.70 bits per heavy atom. The topological polar surface area (TPSA) is 75.3 Å². The summed E-state index contributed by atoms with van der Waals surface area (Å²) in [5.41, 5.74) is 1.17. The first-order valence-corrected chi connectivity index (χ1v) is 6.63. The van der Waals surface area contributed by atoms with Crippen molar-refractivity contribution < 1.29 is 4.52 Å². The minimum absolute atomic E-state index is 0.484. The highest BCUT2D eigenvalue weighted by Gasteiger charge is 2.03. The third-order valence-electron chi connectivity index (χ3n) is 2.59. The molecule has 0 radical (unpaired) electrons. The summed E-state index contributed by atoms with van der Waals surface area (Å²) in [6, 6.07) is 10.1.